The van der Waals surface area contributed by atoms with E-state index in [4.69, 9.17) is 9.88 Å². The zero-order valence-electron chi connectivity index (χ0n) is 16.3. The Morgan fingerprint density at radius 2 is 1.84 bits per heavy atom. The van der Waals surface area contributed by atoms with E-state index in [9.17, 15) is 27.1 Å². The molecule has 1 unspecified atom stereocenters. The zero-order valence-corrected chi connectivity index (χ0v) is 17.1. The van der Waals surface area contributed by atoms with Gasteiger partial charge in [0.25, 0.3) is 0 Å². The number of aromatic nitrogens is 2. The van der Waals surface area contributed by atoms with Gasteiger partial charge in [-0.25, -0.2) is 22.3 Å². The molecule has 3 rings (SSSR count). The van der Waals surface area contributed by atoms with E-state index in [-0.39, 0.29) is 41.0 Å². The number of sulfonamides is 1. The predicted octanol–water partition coefficient (Wildman–Crippen LogP) is 1.83. The lowest BCUT2D eigenvalue weighted by molar-refractivity contribution is 0.173. The van der Waals surface area contributed by atoms with Crippen molar-refractivity contribution < 1.29 is 27.0 Å². The molecule has 3 aromatic rings. The highest BCUT2D eigenvalue weighted by atomic mass is 32.2. The van der Waals surface area contributed by atoms with Crippen LogP contribution in [-0.4, -0.2) is 36.5 Å². The summed E-state index contributed by atoms with van der Waals surface area (Å²) in [6, 6.07) is 8.28. The van der Waals surface area contributed by atoms with E-state index >= 15 is 0 Å². The Hall–Kier alpha value is -3.15. The number of ether oxygens (including phenoxy) is 1. The fourth-order valence-electron chi connectivity index (χ4n) is 2.69. The standard InChI is InChI=1S/C20H19F2N3O5S/c1-12(10-26)11-30-19-16(13-2-5-15(6-3-13)31(23,28)29)9-24-25(20(19)27)14-4-7-17(21)18(22)8-14/h2-9,12,26H,10-11H2,1H3,(H2,23,28,29). The van der Waals surface area contributed by atoms with E-state index in [1.54, 1.807) is 6.92 Å². The first-order valence-corrected chi connectivity index (χ1v) is 10.6. The van der Waals surface area contributed by atoms with Gasteiger partial charge in [-0.05, 0) is 29.8 Å². The average Bonchev–Trinajstić information content (AvgIpc) is 2.74. The van der Waals surface area contributed by atoms with Crippen LogP contribution in [0.1, 0.15) is 6.92 Å². The molecule has 3 N–H and O–H groups in total. The van der Waals surface area contributed by atoms with Crippen LogP contribution in [0.25, 0.3) is 16.8 Å². The molecular formula is C20H19F2N3O5S. The predicted molar refractivity (Wildman–Crippen MR) is 108 cm³/mol. The third-order valence-corrected chi connectivity index (χ3v) is 5.33. The normalized spacial score (nSPS) is 12.5. The molecule has 0 aliphatic carbocycles. The molecule has 0 aliphatic heterocycles. The summed E-state index contributed by atoms with van der Waals surface area (Å²) in [5.74, 6) is -2.66. The molecular weight excluding hydrogens is 432 g/mol. The van der Waals surface area contributed by atoms with E-state index in [1.807, 2.05) is 0 Å². The van der Waals surface area contributed by atoms with Gasteiger partial charge in [0.2, 0.25) is 10.0 Å². The first kappa shape index (κ1) is 22.5. The number of rotatable bonds is 7. The second-order valence-electron chi connectivity index (χ2n) is 6.87. The number of benzene rings is 2. The summed E-state index contributed by atoms with van der Waals surface area (Å²) < 4.78 is 56.3. The van der Waals surface area contributed by atoms with E-state index in [1.165, 1.54) is 36.5 Å². The minimum Gasteiger partial charge on any atom is -0.487 e. The van der Waals surface area contributed by atoms with Gasteiger partial charge in [-0.3, -0.25) is 4.79 Å². The van der Waals surface area contributed by atoms with Gasteiger partial charge in [0.15, 0.2) is 17.4 Å². The van der Waals surface area contributed by atoms with Crippen molar-refractivity contribution in [1.29, 1.82) is 0 Å². The molecule has 0 aliphatic rings. The van der Waals surface area contributed by atoms with E-state index in [2.05, 4.69) is 5.10 Å². The van der Waals surface area contributed by atoms with Crippen LogP contribution in [0, 0.1) is 17.6 Å². The van der Waals surface area contributed by atoms with Crippen molar-refractivity contribution in [3.63, 3.8) is 0 Å². The molecule has 0 saturated heterocycles. The first-order chi connectivity index (χ1) is 14.6. The van der Waals surface area contributed by atoms with Gasteiger partial charge in [-0.1, -0.05) is 19.1 Å². The Balaban J connectivity index is 2.13. The first-order valence-electron chi connectivity index (χ1n) is 9.06. The summed E-state index contributed by atoms with van der Waals surface area (Å²) in [6.45, 7) is 1.52. The maximum Gasteiger partial charge on any atom is 0.314 e. The van der Waals surface area contributed by atoms with E-state index in [0.717, 1.165) is 16.8 Å². The second-order valence-corrected chi connectivity index (χ2v) is 8.43. The molecule has 1 atom stereocenters. The fourth-order valence-corrected chi connectivity index (χ4v) is 3.20. The Morgan fingerprint density at radius 3 is 2.42 bits per heavy atom. The molecule has 31 heavy (non-hydrogen) atoms. The largest absolute Gasteiger partial charge is 0.487 e. The summed E-state index contributed by atoms with van der Waals surface area (Å²) in [5.41, 5.74) is -0.0970. The van der Waals surface area contributed by atoms with Crippen molar-refractivity contribution in [2.45, 2.75) is 11.8 Å². The summed E-state index contributed by atoms with van der Waals surface area (Å²) in [6.07, 6.45) is 1.29. The third-order valence-electron chi connectivity index (χ3n) is 4.40. The van der Waals surface area contributed by atoms with Gasteiger partial charge in [-0.2, -0.15) is 9.78 Å². The lowest BCUT2D eigenvalue weighted by Crippen LogP contribution is -2.25. The SMILES string of the molecule is CC(CO)COc1c(-c2ccc(S(N)(=O)=O)cc2)cnn(-c2ccc(F)c(F)c2)c1=O. The van der Waals surface area contributed by atoms with Gasteiger partial charge >= 0.3 is 5.56 Å². The molecule has 0 fully saturated rings. The maximum atomic E-state index is 13.6. The number of primary sulfonamides is 1. The number of nitrogens with two attached hydrogens (primary N) is 1. The highest BCUT2D eigenvalue weighted by Gasteiger charge is 2.18. The van der Waals surface area contributed by atoms with Gasteiger partial charge in [0.05, 0.1) is 23.4 Å². The molecule has 1 aromatic heterocycles. The number of aliphatic hydroxyl groups is 1. The van der Waals surface area contributed by atoms with Crippen LogP contribution in [0.3, 0.4) is 0 Å². The van der Waals surface area contributed by atoms with Gasteiger partial charge in [0, 0.05) is 24.2 Å². The molecule has 0 bridgehead atoms. The van der Waals surface area contributed by atoms with Crippen molar-refractivity contribution in [3.8, 4) is 22.6 Å². The molecule has 11 heteroatoms. The topological polar surface area (TPSA) is 125 Å². The van der Waals surface area contributed by atoms with Crippen LogP contribution in [0.5, 0.6) is 5.75 Å². The Morgan fingerprint density at radius 1 is 1.16 bits per heavy atom. The molecule has 0 spiro atoms. The van der Waals surface area contributed by atoms with Crippen molar-refractivity contribution in [3.05, 3.63) is 70.6 Å². The van der Waals surface area contributed by atoms with Crippen LogP contribution in [0.15, 0.2) is 58.4 Å². The summed E-state index contributed by atoms with van der Waals surface area (Å²) in [4.78, 5) is 13.0. The third kappa shape index (κ3) is 4.95. The van der Waals surface area contributed by atoms with Crippen LogP contribution in [0.4, 0.5) is 8.78 Å². The quantitative estimate of drug-likeness (QED) is 0.565. The lowest BCUT2D eigenvalue weighted by atomic mass is 10.1. The minimum atomic E-state index is -3.90. The van der Waals surface area contributed by atoms with Gasteiger partial charge in [0.1, 0.15) is 0 Å². The van der Waals surface area contributed by atoms with Crippen LogP contribution < -0.4 is 15.4 Å². The molecule has 1 heterocycles. The van der Waals surface area contributed by atoms with Gasteiger partial charge < -0.3 is 9.84 Å². The van der Waals surface area contributed by atoms with Crippen molar-refractivity contribution in [1.82, 2.24) is 9.78 Å². The Labute approximate surface area is 176 Å². The highest BCUT2D eigenvalue weighted by Crippen LogP contribution is 2.28. The average molecular weight is 451 g/mol. The number of halogens is 2. The van der Waals surface area contributed by atoms with Crippen LogP contribution in [-0.2, 0) is 10.0 Å². The van der Waals surface area contributed by atoms with Crippen molar-refractivity contribution in [2.75, 3.05) is 13.2 Å². The summed E-state index contributed by atoms with van der Waals surface area (Å²) >= 11 is 0. The molecule has 8 nitrogen and oxygen atoms in total. The Kier molecular flexibility index (Phi) is 6.48. The smallest absolute Gasteiger partial charge is 0.314 e. The second kappa shape index (κ2) is 8.92. The fraction of sp³-hybridized carbons (Fsp3) is 0.200. The van der Waals surface area contributed by atoms with Crippen molar-refractivity contribution in [2.24, 2.45) is 11.1 Å². The minimum absolute atomic E-state index is 0.00417. The molecule has 164 valence electrons. The summed E-state index contributed by atoms with van der Waals surface area (Å²) in [5, 5.41) is 18.4. The summed E-state index contributed by atoms with van der Waals surface area (Å²) in [7, 11) is -3.90. The maximum absolute atomic E-state index is 13.6. The molecule has 2 aromatic carbocycles. The van der Waals surface area contributed by atoms with Crippen LogP contribution in [0.2, 0.25) is 0 Å². The van der Waals surface area contributed by atoms with Gasteiger partial charge in [-0.15, -0.1) is 0 Å². The molecule has 0 radical (unpaired) electrons. The van der Waals surface area contributed by atoms with E-state index < -0.39 is 27.2 Å². The van der Waals surface area contributed by atoms with Crippen molar-refractivity contribution >= 4 is 10.0 Å². The highest BCUT2D eigenvalue weighted by molar-refractivity contribution is 7.89. The molecule has 0 amide bonds. The zero-order chi connectivity index (χ0) is 22.8. The Bertz CT molecular complexity index is 1260. The monoisotopic (exact) mass is 451 g/mol. The number of hydrogen-bond donors (Lipinski definition) is 2. The molecule has 0 saturated carbocycles. The lowest BCUT2D eigenvalue weighted by Gasteiger charge is -2.15. The van der Waals surface area contributed by atoms with E-state index in [0.29, 0.717) is 5.56 Å². The number of hydrogen-bond acceptors (Lipinski definition) is 6. The number of aliphatic hydroxyl groups excluding tert-OH is 1. The van der Waals surface area contributed by atoms with Crippen LogP contribution >= 0.6 is 0 Å². The number of nitrogens with zero attached hydrogens (tertiary/aromatic N) is 2.